The van der Waals surface area contributed by atoms with Gasteiger partial charge >= 0.3 is 0 Å². The molecular formula is C14H15BrFN3. The molecule has 1 aromatic carbocycles. The second kappa shape index (κ2) is 6.73. The summed E-state index contributed by atoms with van der Waals surface area (Å²) in [6.07, 6.45) is 5.83. The third-order valence-corrected chi connectivity index (χ3v) is 3.42. The van der Waals surface area contributed by atoms with Gasteiger partial charge in [0.25, 0.3) is 0 Å². The highest BCUT2D eigenvalue weighted by atomic mass is 79.9. The van der Waals surface area contributed by atoms with E-state index < -0.39 is 0 Å². The smallest absolute Gasteiger partial charge is 0.137 e. The Morgan fingerprint density at radius 3 is 2.84 bits per heavy atom. The van der Waals surface area contributed by atoms with Crippen LogP contribution in [-0.2, 0) is 6.42 Å². The molecule has 1 unspecified atom stereocenters. The maximum atomic E-state index is 13.2. The zero-order valence-electron chi connectivity index (χ0n) is 10.6. The fourth-order valence-corrected chi connectivity index (χ4v) is 2.35. The molecule has 5 heteroatoms. The summed E-state index contributed by atoms with van der Waals surface area (Å²) in [5.74, 6) is -0.247. The molecule has 2 rings (SSSR count). The molecule has 100 valence electrons. The fourth-order valence-electron chi connectivity index (χ4n) is 1.92. The number of hydrogen-bond acceptors (Lipinski definition) is 3. The number of nitrogens with zero attached hydrogens (tertiary/aromatic N) is 2. The Hall–Kier alpha value is -1.33. The number of hydrogen-bond donors (Lipinski definition) is 1. The van der Waals surface area contributed by atoms with Gasteiger partial charge in [0, 0.05) is 18.6 Å². The summed E-state index contributed by atoms with van der Waals surface area (Å²) >= 11 is 3.21. The van der Waals surface area contributed by atoms with Crippen LogP contribution in [0.15, 0.2) is 41.3 Å². The lowest BCUT2D eigenvalue weighted by Crippen LogP contribution is -2.24. The molecule has 1 N–H and O–H groups in total. The van der Waals surface area contributed by atoms with E-state index in [0.717, 1.165) is 24.2 Å². The Bertz CT molecular complexity index is 533. The van der Waals surface area contributed by atoms with Crippen molar-refractivity contribution in [3.05, 3.63) is 58.3 Å². The van der Waals surface area contributed by atoms with E-state index in [2.05, 4.69) is 31.2 Å². The molecule has 0 aliphatic carbocycles. The van der Waals surface area contributed by atoms with Crippen molar-refractivity contribution in [2.75, 3.05) is 6.54 Å². The summed E-state index contributed by atoms with van der Waals surface area (Å²) < 4.78 is 13.7. The third-order valence-electron chi connectivity index (χ3n) is 2.81. The van der Waals surface area contributed by atoms with Crippen LogP contribution < -0.4 is 5.32 Å². The van der Waals surface area contributed by atoms with Gasteiger partial charge in [-0.3, -0.25) is 9.97 Å². The maximum Gasteiger partial charge on any atom is 0.137 e. The second-order valence-corrected chi connectivity index (χ2v) is 5.05. The average molecular weight is 324 g/mol. The van der Waals surface area contributed by atoms with E-state index in [4.69, 9.17) is 0 Å². The monoisotopic (exact) mass is 323 g/mol. The molecule has 0 radical (unpaired) electrons. The van der Waals surface area contributed by atoms with E-state index in [-0.39, 0.29) is 11.9 Å². The Kier molecular flexibility index (Phi) is 4.99. The van der Waals surface area contributed by atoms with Gasteiger partial charge in [-0.05, 0) is 46.6 Å². The number of halogens is 2. The van der Waals surface area contributed by atoms with Crippen molar-refractivity contribution >= 4 is 15.9 Å². The van der Waals surface area contributed by atoms with Crippen LogP contribution in [0.2, 0.25) is 0 Å². The minimum Gasteiger partial charge on any atom is -0.309 e. The fraction of sp³-hybridized carbons (Fsp3) is 0.286. The normalized spacial score (nSPS) is 12.4. The van der Waals surface area contributed by atoms with E-state index in [0.29, 0.717) is 4.47 Å². The summed E-state index contributed by atoms with van der Waals surface area (Å²) in [6.45, 7) is 2.88. The quantitative estimate of drug-likeness (QED) is 0.917. The van der Waals surface area contributed by atoms with Crippen LogP contribution in [0.3, 0.4) is 0 Å². The topological polar surface area (TPSA) is 37.8 Å². The third kappa shape index (κ3) is 3.81. The van der Waals surface area contributed by atoms with E-state index in [1.165, 1.54) is 6.07 Å². The van der Waals surface area contributed by atoms with Crippen molar-refractivity contribution in [2.24, 2.45) is 0 Å². The highest BCUT2D eigenvalue weighted by Gasteiger charge is 2.13. The standard InChI is InChI=1S/C14H15BrFN3/c1-2-18-13(14-9-17-5-6-19-14)8-10-3-4-12(16)11(15)7-10/h3-7,9,13,18H,2,8H2,1H3. The molecule has 1 atom stereocenters. The predicted octanol–water partition coefficient (Wildman–Crippen LogP) is 3.27. The first-order valence-electron chi connectivity index (χ1n) is 6.14. The van der Waals surface area contributed by atoms with E-state index >= 15 is 0 Å². The van der Waals surface area contributed by atoms with E-state index in [1.807, 2.05) is 6.92 Å². The van der Waals surface area contributed by atoms with Gasteiger partial charge in [0.05, 0.1) is 16.2 Å². The zero-order valence-corrected chi connectivity index (χ0v) is 12.2. The minimum atomic E-state index is -0.247. The Morgan fingerprint density at radius 1 is 1.37 bits per heavy atom. The largest absolute Gasteiger partial charge is 0.309 e. The average Bonchev–Trinajstić information content (AvgIpc) is 2.43. The number of benzene rings is 1. The van der Waals surface area contributed by atoms with Gasteiger partial charge in [0.15, 0.2) is 0 Å². The number of rotatable bonds is 5. The zero-order chi connectivity index (χ0) is 13.7. The summed E-state index contributed by atoms with van der Waals surface area (Å²) in [6, 6.07) is 5.15. The summed E-state index contributed by atoms with van der Waals surface area (Å²) in [5.41, 5.74) is 1.94. The van der Waals surface area contributed by atoms with Gasteiger partial charge in [0.2, 0.25) is 0 Å². The molecule has 3 nitrogen and oxygen atoms in total. The van der Waals surface area contributed by atoms with Crippen molar-refractivity contribution in [3.8, 4) is 0 Å². The molecule has 0 bridgehead atoms. The highest BCUT2D eigenvalue weighted by molar-refractivity contribution is 9.10. The van der Waals surface area contributed by atoms with Crippen LogP contribution in [0, 0.1) is 5.82 Å². The van der Waals surface area contributed by atoms with Gasteiger partial charge < -0.3 is 5.32 Å². The molecule has 0 saturated heterocycles. The van der Waals surface area contributed by atoms with E-state index in [1.54, 1.807) is 30.7 Å². The molecule has 2 aromatic rings. The van der Waals surface area contributed by atoms with Crippen LogP contribution in [0.1, 0.15) is 24.2 Å². The molecule has 0 aliphatic rings. The van der Waals surface area contributed by atoms with Gasteiger partial charge in [-0.1, -0.05) is 13.0 Å². The molecule has 0 spiro atoms. The molecule has 1 aromatic heterocycles. The van der Waals surface area contributed by atoms with Crippen molar-refractivity contribution < 1.29 is 4.39 Å². The first-order chi connectivity index (χ1) is 9.20. The molecule has 19 heavy (non-hydrogen) atoms. The van der Waals surface area contributed by atoms with Crippen LogP contribution in [0.25, 0.3) is 0 Å². The lowest BCUT2D eigenvalue weighted by molar-refractivity contribution is 0.533. The lowest BCUT2D eigenvalue weighted by Gasteiger charge is -2.17. The Labute approximate surface area is 120 Å². The van der Waals surface area contributed by atoms with Gasteiger partial charge in [-0.15, -0.1) is 0 Å². The Morgan fingerprint density at radius 2 is 2.21 bits per heavy atom. The van der Waals surface area contributed by atoms with Crippen molar-refractivity contribution in [3.63, 3.8) is 0 Å². The summed E-state index contributed by atoms with van der Waals surface area (Å²) in [5, 5.41) is 3.37. The number of aromatic nitrogens is 2. The Balaban J connectivity index is 2.19. The maximum absolute atomic E-state index is 13.2. The second-order valence-electron chi connectivity index (χ2n) is 4.19. The first-order valence-corrected chi connectivity index (χ1v) is 6.93. The predicted molar refractivity (Wildman–Crippen MR) is 76.3 cm³/mol. The van der Waals surface area contributed by atoms with Crippen molar-refractivity contribution in [1.29, 1.82) is 0 Å². The minimum absolute atomic E-state index is 0.0797. The molecule has 0 aliphatic heterocycles. The molecule has 0 fully saturated rings. The number of nitrogens with one attached hydrogen (secondary N) is 1. The molecule has 1 heterocycles. The van der Waals surface area contributed by atoms with E-state index in [9.17, 15) is 4.39 Å². The SMILES string of the molecule is CCNC(Cc1ccc(F)c(Br)c1)c1cnccn1. The van der Waals surface area contributed by atoms with Gasteiger partial charge in [0.1, 0.15) is 5.82 Å². The number of likely N-dealkylation sites (N-methyl/N-ethyl adjacent to an activating group) is 1. The van der Waals surface area contributed by atoms with Crippen molar-refractivity contribution in [2.45, 2.75) is 19.4 Å². The highest BCUT2D eigenvalue weighted by Crippen LogP contribution is 2.21. The van der Waals surface area contributed by atoms with Crippen LogP contribution in [-0.4, -0.2) is 16.5 Å². The molecule has 0 amide bonds. The van der Waals surface area contributed by atoms with Gasteiger partial charge in [-0.2, -0.15) is 0 Å². The lowest BCUT2D eigenvalue weighted by atomic mass is 10.0. The summed E-state index contributed by atoms with van der Waals surface area (Å²) in [7, 11) is 0. The van der Waals surface area contributed by atoms with Crippen molar-refractivity contribution in [1.82, 2.24) is 15.3 Å². The van der Waals surface area contributed by atoms with Crippen LogP contribution in [0.4, 0.5) is 4.39 Å². The van der Waals surface area contributed by atoms with Gasteiger partial charge in [-0.25, -0.2) is 4.39 Å². The van der Waals surface area contributed by atoms with Crippen LogP contribution >= 0.6 is 15.9 Å². The summed E-state index contributed by atoms with van der Waals surface area (Å²) in [4.78, 5) is 8.41. The van der Waals surface area contributed by atoms with Crippen LogP contribution in [0.5, 0.6) is 0 Å². The first kappa shape index (κ1) is 14.1. The molecular weight excluding hydrogens is 309 g/mol. The molecule has 0 saturated carbocycles.